The molecule has 0 aromatic rings. The standard InChI is InChI=1S/C10H15NO2/c1-12-9(13-2)7-10(8-11)5-3-4-6-10/h3-4,9H,5-7H2,1-2H3. The summed E-state index contributed by atoms with van der Waals surface area (Å²) in [7, 11) is 3.20. The molecule has 0 saturated carbocycles. The van der Waals surface area contributed by atoms with E-state index in [1.807, 2.05) is 12.2 Å². The van der Waals surface area contributed by atoms with Gasteiger partial charge in [-0.2, -0.15) is 5.26 Å². The first-order chi connectivity index (χ1) is 6.26. The van der Waals surface area contributed by atoms with Crippen LogP contribution in [0.4, 0.5) is 0 Å². The van der Waals surface area contributed by atoms with Crippen LogP contribution in [0.1, 0.15) is 19.3 Å². The maximum Gasteiger partial charge on any atom is 0.158 e. The lowest BCUT2D eigenvalue weighted by Crippen LogP contribution is -2.25. The molecule has 0 N–H and O–H groups in total. The number of hydrogen-bond acceptors (Lipinski definition) is 3. The number of allylic oxidation sites excluding steroid dienone is 2. The second kappa shape index (κ2) is 4.40. The van der Waals surface area contributed by atoms with Gasteiger partial charge in [0.15, 0.2) is 6.29 Å². The monoisotopic (exact) mass is 181 g/mol. The molecule has 0 atom stereocenters. The van der Waals surface area contributed by atoms with Gasteiger partial charge in [0.2, 0.25) is 0 Å². The van der Waals surface area contributed by atoms with Gasteiger partial charge in [0.05, 0.1) is 11.5 Å². The zero-order chi connectivity index (χ0) is 9.73. The number of nitriles is 1. The van der Waals surface area contributed by atoms with E-state index in [0.29, 0.717) is 6.42 Å². The molecule has 1 rings (SSSR count). The van der Waals surface area contributed by atoms with Gasteiger partial charge in [0.1, 0.15) is 0 Å². The molecular formula is C10H15NO2. The van der Waals surface area contributed by atoms with Crippen molar-refractivity contribution in [3.8, 4) is 6.07 Å². The first kappa shape index (κ1) is 10.2. The van der Waals surface area contributed by atoms with Crippen LogP contribution < -0.4 is 0 Å². The summed E-state index contributed by atoms with van der Waals surface area (Å²) >= 11 is 0. The lowest BCUT2D eigenvalue weighted by Gasteiger charge is -2.24. The zero-order valence-corrected chi connectivity index (χ0v) is 8.12. The fourth-order valence-electron chi connectivity index (χ4n) is 1.59. The Morgan fingerprint density at radius 2 is 1.92 bits per heavy atom. The molecule has 0 aromatic carbocycles. The van der Waals surface area contributed by atoms with Crippen molar-refractivity contribution < 1.29 is 9.47 Å². The van der Waals surface area contributed by atoms with Crippen LogP contribution in [-0.4, -0.2) is 20.5 Å². The average Bonchev–Trinajstić information content (AvgIpc) is 2.63. The molecule has 3 heteroatoms. The fourth-order valence-corrected chi connectivity index (χ4v) is 1.59. The van der Waals surface area contributed by atoms with Crippen LogP contribution >= 0.6 is 0 Å². The van der Waals surface area contributed by atoms with Crippen molar-refractivity contribution in [2.24, 2.45) is 5.41 Å². The normalized spacial score (nSPS) is 19.2. The van der Waals surface area contributed by atoms with Crippen molar-refractivity contribution in [3.05, 3.63) is 12.2 Å². The topological polar surface area (TPSA) is 42.2 Å². The summed E-state index contributed by atoms with van der Waals surface area (Å²) in [6.45, 7) is 0. The summed E-state index contributed by atoms with van der Waals surface area (Å²) in [5.41, 5.74) is -0.295. The van der Waals surface area contributed by atoms with Gasteiger partial charge in [-0.3, -0.25) is 0 Å². The fraction of sp³-hybridized carbons (Fsp3) is 0.700. The number of methoxy groups -OCH3 is 2. The number of rotatable bonds is 4. The minimum atomic E-state index is -0.295. The van der Waals surface area contributed by atoms with Crippen molar-refractivity contribution in [1.29, 1.82) is 5.26 Å². The molecular weight excluding hydrogens is 166 g/mol. The summed E-state index contributed by atoms with van der Waals surface area (Å²) in [5, 5.41) is 9.06. The van der Waals surface area contributed by atoms with E-state index in [2.05, 4.69) is 6.07 Å². The van der Waals surface area contributed by atoms with Gasteiger partial charge in [-0.15, -0.1) is 0 Å². The molecule has 3 nitrogen and oxygen atoms in total. The summed E-state index contributed by atoms with van der Waals surface area (Å²) in [6, 6.07) is 2.35. The first-order valence-electron chi connectivity index (χ1n) is 4.38. The summed E-state index contributed by atoms with van der Waals surface area (Å²) in [6.07, 6.45) is 6.10. The zero-order valence-electron chi connectivity index (χ0n) is 8.12. The number of ether oxygens (including phenoxy) is 2. The lowest BCUT2D eigenvalue weighted by atomic mass is 9.83. The van der Waals surface area contributed by atoms with Gasteiger partial charge < -0.3 is 9.47 Å². The van der Waals surface area contributed by atoms with Crippen LogP contribution in [0.3, 0.4) is 0 Å². The highest BCUT2D eigenvalue weighted by molar-refractivity contribution is 5.13. The highest BCUT2D eigenvalue weighted by atomic mass is 16.7. The van der Waals surface area contributed by atoms with E-state index < -0.39 is 0 Å². The first-order valence-corrected chi connectivity index (χ1v) is 4.38. The molecule has 1 aliphatic carbocycles. The molecule has 0 bridgehead atoms. The Morgan fingerprint density at radius 1 is 1.38 bits per heavy atom. The van der Waals surface area contributed by atoms with Crippen molar-refractivity contribution in [3.63, 3.8) is 0 Å². The van der Waals surface area contributed by atoms with Gasteiger partial charge in [0, 0.05) is 20.6 Å². The van der Waals surface area contributed by atoms with Gasteiger partial charge in [-0.05, 0) is 12.8 Å². The molecule has 0 saturated heterocycles. The Labute approximate surface area is 78.9 Å². The quantitative estimate of drug-likeness (QED) is 0.491. The van der Waals surface area contributed by atoms with Crippen LogP contribution in [0.25, 0.3) is 0 Å². The Morgan fingerprint density at radius 3 is 2.31 bits per heavy atom. The molecule has 0 unspecified atom stereocenters. The molecule has 13 heavy (non-hydrogen) atoms. The maximum absolute atomic E-state index is 9.06. The van der Waals surface area contributed by atoms with Crippen molar-refractivity contribution in [1.82, 2.24) is 0 Å². The van der Waals surface area contributed by atoms with E-state index >= 15 is 0 Å². The second-order valence-electron chi connectivity index (χ2n) is 3.38. The molecule has 0 spiro atoms. The molecule has 0 amide bonds. The summed E-state index contributed by atoms with van der Waals surface area (Å²) in [5.74, 6) is 0. The smallest absolute Gasteiger partial charge is 0.158 e. The maximum atomic E-state index is 9.06. The molecule has 0 aromatic heterocycles. The molecule has 1 aliphatic rings. The van der Waals surface area contributed by atoms with E-state index in [9.17, 15) is 0 Å². The molecule has 72 valence electrons. The van der Waals surface area contributed by atoms with E-state index in [1.54, 1.807) is 14.2 Å². The molecule has 0 heterocycles. The number of hydrogen-bond donors (Lipinski definition) is 0. The van der Waals surface area contributed by atoms with Crippen molar-refractivity contribution >= 4 is 0 Å². The third kappa shape index (κ3) is 2.30. The van der Waals surface area contributed by atoms with Crippen molar-refractivity contribution in [2.45, 2.75) is 25.6 Å². The molecule has 0 fully saturated rings. The Bertz CT molecular complexity index is 218. The third-order valence-electron chi connectivity index (χ3n) is 2.50. The van der Waals surface area contributed by atoms with Crippen LogP contribution in [-0.2, 0) is 9.47 Å². The molecule has 0 radical (unpaired) electrons. The highest BCUT2D eigenvalue weighted by Crippen LogP contribution is 2.37. The van der Waals surface area contributed by atoms with E-state index in [1.165, 1.54) is 0 Å². The Kier molecular flexibility index (Phi) is 3.47. The van der Waals surface area contributed by atoms with E-state index in [0.717, 1.165) is 12.8 Å². The lowest BCUT2D eigenvalue weighted by molar-refractivity contribution is -0.119. The highest BCUT2D eigenvalue weighted by Gasteiger charge is 2.33. The minimum Gasteiger partial charge on any atom is -0.356 e. The van der Waals surface area contributed by atoms with Crippen LogP contribution in [0.2, 0.25) is 0 Å². The van der Waals surface area contributed by atoms with E-state index in [4.69, 9.17) is 14.7 Å². The van der Waals surface area contributed by atoms with Crippen molar-refractivity contribution in [2.75, 3.05) is 14.2 Å². The predicted octanol–water partition coefficient (Wildman–Crippen LogP) is 1.86. The Balaban J connectivity index is 2.54. The largest absolute Gasteiger partial charge is 0.356 e. The van der Waals surface area contributed by atoms with Gasteiger partial charge >= 0.3 is 0 Å². The van der Waals surface area contributed by atoms with Gasteiger partial charge in [-0.25, -0.2) is 0 Å². The average molecular weight is 181 g/mol. The summed E-state index contributed by atoms with van der Waals surface area (Å²) < 4.78 is 10.2. The molecule has 0 aliphatic heterocycles. The van der Waals surface area contributed by atoms with Crippen LogP contribution in [0.15, 0.2) is 12.2 Å². The predicted molar refractivity (Wildman–Crippen MR) is 48.8 cm³/mol. The van der Waals surface area contributed by atoms with Gasteiger partial charge in [0.25, 0.3) is 0 Å². The second-order valence-corrected chi connectivity index (χ2v) is 3.38. The summed E-state index contributed by atoms with van der Waals surface area (Å²) in [4.78, 5) is 0. The minimum absolute atomic E-state index is 0.264. The van der Waals surface area contributed by atoms with Gasteiger partial charge in [-0.1, -0.05) is 12.2 Å². The van der Waals surface area contributed by atoms with Crippen LogP contribution in [0, 0.1) is 16.7 Å². The van der Waals surface area contributed by atoms with E-state index in [-0.39, 0.29) is 11.7 Å². The SMILES string of the molecule is COC(CC1(C#N)CC=CC1)OC. The third-order valence-corrected chi connectivity index (χ3v) is 2.50. The Hall–Kier alpha value is -0.850. The number of nitrogens with zero attached hydrogens (tertiary/aromatic N) is 1. The van der Waals surface area contributed by atoms with Crippen LogP contribution in [0.5, 0.6) is 0 Å².